The average molecular weight is 246 g/mol. The number of hydrogen-bond acceptors (Lipinski definition) is 2. The fourth-order valence-corrected chi connectivity index (χ4v) is 2.39. The van der Waals surface area contributed by atoms with Gasteiger partial charge in [0.05, 0.1) is 0 Å². The fourth-order valence-electron chi connectivity index (χ4n) is 2.39. The van der Waals surface area contributed by atoms with Gasteiger partial charge < -0.3 is 10.6 Å². The van der Waals surface area contributed by atoms with Gasteiger partial charge in [0.25, 0.3) is 0 Å². The summed E-state index contributed by atoms with van der Waals surface area (Å²) in [6.07, 6.45) is 0. The molecule has 1 saturated heterocycles. The van der Waals surface area contributed by atoms with Gasteiger partial charge in [0.15, 0.2) is 0 Å². The lowest BCUT2D eigenvalue weighted by molar-refractivity contribution is 0.310. The number of benzene rings is 1. The zero-order valence-electron chi connectivity index (χ0n) is 12.1. The molecular weight excluding hydrogens is 220 g/mol. The minimum Gasteiger partial charge on any atom is -0.371 e. The van der Waals surface area contributed by atoms with E-state index >= 15 is 0 Å². The van der Waals surface area contributed by atoms with Crippen molar-refractivity contribution in [3.8, 4) is 0 Å². The Bertz CT molecular complexity index is 386. The van der Waals surface area contributed by atoms with E-state index in [0.29, 0.717) is 6.54 Å². The molecule has 2 N–H and O–H groups in total. The van der Waals surface area contributed by atoms with Gasteiger partial charge in [-0.05, 0) is 29.5 Å². The molecule has 0 radical (unpaired) electrons. The molecular formula is C16H26N2. The van der Waals surface area contributed by atoms with Crippen LogP contribution in [0, 0.1) is 11.8 Å². The lowest BCUT2D eigenvalue weighted by Gasteiger charge is -2.43. The number of hydrogen-bond donors (Lipinski definition) is 1. The van der Waals surface area contributed by atoms with E-state index in [9.17, 15) is 0 Å². The van der Waals surface area contributed by atoms with Crippen LogP contribution in [0.25, 0.3) is 0 Å². The molecule has 0 aromatic heterocycles. The van der Waals surface area contributed by atoms with Crippen molar-refractivity contribution in [1.82, 2.24) is 0 Å². The summed E-state index contributed by atoms with van der Waals surface area (Å²) < 4.78 is 0. The summed E-state index contributed by atoms with van der Waals surface area (Å²) in [7, 11) is 0. The maximum absolute atomic E-state index is 5.81. The van der Waals surface area contributed by atoms with Crippen LogP contribution in [0.15, 0.2) is 24.3 Å². The summed E-state index contributed by atoms with van der Waals surface area (Å²) in [5.74, 6) is 1.67. The van der Waals surface area contributed by atoms with Crippen molar-refractivity contribution in [2.24, 2.45) is 17.6 Å². The standard InChI is InChI=1S/C16H26N2/c1-12(2)13-9-18(10-13)15-7-5-14(6-8-15)16(3,4)11-17/h5-8,12-13H,9-11,17H2,1-4H3. The predicted octanol–water partition coefficient (Wildman–Crippen LogP) is 3.02. The van der Waals surface area contributed by atoms with Crippen LogP contribution < -0.4 is 10.6 Å². The van der Waals surface area contributed by atoms with E-state index in [1.54, 1.807) is 0 Å². The van der Waals surface area contributed by atoms with Gasteiger partial charge >= 0.3 is 0 Å². The van der Waals surface area contributed by atoms with Crippen molar-refractivity contribution >= 4 is 5.69 Å². The maximum Gasteiger partial charge on any atom is 0.0366 e. The lowest BCUT2D eigenvalue weighted by Crippen LogP contribution is -2.49. The van der Waals surface area contributed by atoms with Crippen LogP contribution in [0.3, 0.4) is 0 Å². The van der Waals surface area contributed by atoms with Gasteiger partial charge in [0, 0.05) is 30.7 Å². The van der Waals surface area contributed by atoms with Crippen LogP contribution >= 0.6 is 0 Å². The zero-order chi connectivity index (χ0) is 13.3. The van der Waals surface area contributed by atoms with E-state index in [-0.39, 0.29) is 5.41 Å². The molecule has 2 nitrogen and oxygen atoms in total. The van der Waals surface area contributed by atoms with E-state index in [4.69, 9.17) is 5.73 Å². The summed E-state index contributed by atoms with van der Waals surface area (Å²) in [6, 6.07) is 8.93. The average Bonchev–Trinajstić information content (AvgIpc) is 2.27. The van der Waals surface area contributed by atoms with E-state index in [1.807, 2.05) is 0 Å². The van der Waals surface area contributed by atoms with Gasteiger partial charge in [0.1, 0.15) is 0 Å². The SMILES string of the molecule is CC(C)C1CN(c2ccc(C(C)(C)CN)cc2)C1. The maximum atomic E-state index is 5.81. The summed E-state index contributed by atoms with van der Waals surface area (Å²) >= 11 is 0. The van der Waals surface area contributed by atoms with E-state index in [2.05, 4.69) is 56.9 Å². The first-order valence-corrected chi connectivity index (χ1v) is 6.99. The first kappa shape index (κ1) is 13.4. The topological polar surface area (TPSA) is 29.3 Å². The Balaban J connectivity index is 2.02. The summed E-state index contributed by atoms with van der Waals surface area (Å²) in [5, 5.41) is 0. The Kier molecular flexibility index (Phi) is 3.67. The van der Waals surface area contributed by atoms with E-state index < -0.39 is 0 Å². The van der Waals surface area contributed by atoms with Gasteiger partial charge in [0.2, 0.25) is 0 Å². The number of anilines is 1. The summed E-state index contributed by atoms with van der Waals surface area (Å²) in [5.41, 5.74) is 8.57. The van der Waals surface area contributed by atoms with Crippen molar-refractivity contribution in [2.75, 3.05) is 24.5 Å². The normalized spacial score (nSPS) is 17.1. The van der Waals surface area contributed by atoms with Crippen LogP contribution in [0.4, 0.5) is 5.69 Å². The third kappa shape index (κ3) is 2.54. The second-order valence-electron chi connectivity index (χ2n) is 6.54. The molecule has 1 aromatic carbocycles. The Morgan fingerprint density at radius 3 is 2.22 bits per heavy atom. The third-order valence-corrected chi connectivity index (χ3v) is 4.38. The summed E-state index contributed by atoms with van der Waals surface area (Å²) in [6.45, 7) is 12.1. The van der Waals surface area contributed by atoms with Crippen molar-refractivity contribution in [1.29, 1.82) is 0 Å². The smallest absolute Gasteiger partial charge is 0.0366 e. The molecule has 2 rings (SSSR count). The lowest BCUT2D eigenvalue weighted by atomic mass is 9.84. The zero-order valence-corrected chi connectivity index (χ0v) is 12.1. The van der Waals surface area contributed by atoms with Gasteiger partial charge in [-0.2, -0.15) is 0 Å². The van der Waals surface area contributed by atoms with E-state index in [0.717, 1.165) is 11.8 Å². The van der Waals surface area contributed by atoms with Crippen LogP contribution in [-0.2, 0) is 5.41 Å². The van der Waals surface area contributed by atoms with Crippen molar-refractivity contribution in [3.05, 3.63) is 29.8 Å². The number of nitrogens with zero attached hydrogens (tertiary/aromatic N) is 1. The molecule has 1 aromatic rings. The second kappa shape index (κ2) is 4.93. The monoisotopic (exact) mass is 246 g/mol. The van der Waals surface area contributed by atoms with Crippen molar-refractivity contribution < 1.29 is 0 Å². The molecule has 1 aliphatic rings. The molecule has 2 heteroatoms. The molecule has 100 valence electrons. The minimum absolute atomic E-state index is 0.0773. The molecule has 18 heavy (non-hydrogen) atoms. The Morgan fingerprint density at radius 1 is 1.22 bits per heavy atom. The predicted molar refractivity (Wildman–Crippen MR) is 79.1 cm³/mol. The molecule has 0 saturated carbocycles. The molecule has 0 aliphatic carbocycles. The summed E-state index contributed by atoms with van der Waals surface area (Å²) in [4.78, 5) is 2.46. The van der Waals surface area contributed by atoms with Crippen LogP contribution in [0.5, 0.6) is 0 Å². The highest BCUT2D eigenvalue weighted by molar-refractivity contribution is 5.50. The third-order valence-electron chi connectivity index (χ3n) is 4.38. The Morgan fingerprint density at radius 2 is 1.78 bits per heavy atom. The van der Waals surface area contributed by atoms with Crippen LogP contribution in [-0.4, -0.2) is 19.6 Å². The molecule has 1 heterocycles. The first-order valence-electron chi connectivity index (χ1n) is 6.99. The Hall–Kier alpha value is -1.02. The van der Waals surface area contributed by atoms with Gasteiger partial charge in [-0.15, -0.1) is 0 Å². The first-order chi connectivity index (χ1) is 8.44. The highest BCUT2D eigenvalue weighted by Gasteiger charge is 2.29. The fraction of sp³-hybridized carbons (Fsp3) is 0.625. The van der Waals surface area contributed by atoms with Gasteiger partial charge in [-0.1, -0.05) is 39.8 Å². The van der Waals surface area contributed by atoms with Gasteiger partial charge in [-0.25, -0.2) is 0 Å². The second-order valence-corrected chi connectivity index (χ2v) is 6.54. The molecule has 0 spiro atoms. The van der Waals surface area contributed by atoms with Crippen LogP contribution in [0.1, 0.15) is 33.3 Å². The largest absolute Gasteiger partial charge is 0.371 e. The molecule has 1 fully saturated rings. The van der Waals surface area contributed by atoms with Crippen LogP contribution in [0.2, 0.25) is 0 Å². The van der Waals surface area contributed by atoms with Gasteiger partial charge in [-0.3, -0.25) is 0 Å². The quantitative estimate of drug-likeness (QED) is 0.885. The van der Waals surface area contributed by atoms with Crippen molar-refractivity contribution in [2.45, 2.75) is 33.1 Å². The molecule has 0 amide bonds. The molecule has 0 unspecified atom stereocenters. The number of rotatable bonds is 4. The highest BCUT2D eigenvalue weighted by atomic mass is 15.2. The highest BCUT2D eigenvalue weighted by Crippen LogP contribution is 2.30. The van der Waals surface area contributed by atoms with E-state index in [1.165, 1.54) is 24.3 Å². The molecule has 0 atom stereocenters. The molecule has 0 bridgehead atoms. The van der Waals surface area contributed by atoms with Crippen molar-refractivity contribution in [3.63, 3.8) is 0 Å². The Labute approximate surface area is 111 Å². The molecule has 1 aliphatic heterocycles. The minimum atomic E-state index is 0.0773. The number of nitrogens with two attached hydrogens (primary N) is 1.